The molecule has 0 saturated heterocycles. The highest BCUT2D eigenvalue weighted by molar-refractivity contribution is 5.67. The molecule has 0 aromatic heterocycles. The number of ether oxygens (including phenoxy) is 1. The molecule has 0 aromatic rings. The van der Waals surface area contributed by atoms with E-state index in [-0.39, 0.29) is 12.2 Å². The molecule has 0 spiro atoms. The Hall–Kier alpha value is -1.25. The van der Waals surface area contributed by atoms with Gasteiger partial charge in [-0.2, -0.15) is 0 Å². The van der Waals surface area contributed by atoms with E-state index in [1.807, 2.05) is 13.8 Å². The van der Waals surface area contributed by atoms with Gasteiger partial charge in [0.1, 0.15) is 6.10 Å². The minimum atomic E-state index is -0.304. The number of allylic oxidation sites excluding steroid dienone is 3. The third-order valence-corrected chi connectivity index (χ3v) is 2.89. The van der Waals surface area contributed by atoms with Gasteiger partial charge in [-0.15, -0.1) is 0 Å². The van der Waals surface area contributed by atoms with E-state index in [1.165, 1.54) is 11.1 Å². The number of nitrogens with one attached hydrogen (secondary N) is 1. The number of carbonyl (C=O) groups excluding carboxylic acids is 1. The summed E-state index contributed by atoms with van der Waals surface area (Å²) in [5.74, 6) is 0. The van der Waals surface area contributed by atoms with Crippen molar-refractivity contribution in [1.82, 2.24) is 5.32 Å². The molecule has 110 valence electrons. The van der Waals surface area contributed by atoms with Crippen molar-refractivity contribution in [1.29, 1.82) is 0 Å². The molecule has 0 aliphatic heterocycles. The van der Waals surface area contributed by atoms with Crippen LogP contribution in [0.15, 0.2) is 23.3 Å². The second kappa shape index (κ2) is 10.7. The van der Waals surface area contributed by atoms with Crippen molar-refractivity contribution in [3.8, 4) is 0 Å². The quantitative estimate of drug-likeness (QED) is 0.653. The van der Waals surface area contributed by atoms with Crippen molar-refractivity contribution in [3.05, 3.63) is 23.3 Å². The van der Waals surface area contributed by atoms with Crippen molar-refractivity contribution >= 4 is 6.09 Å². The molecule has 0 rings (SSSR count). The first-order valence-electron chi connectivity index (χ1n) is 7.32. The van der Waals surface area contributed by atoms with Crippen molar-refractivity contribution < 1.29 is 9.53 Å². The summed E-state index contributed by atoms with van der Waals surface area (Å²) >= 11 is 0. The third kappa shape index (κ3) is 8.46. The van der Waals surface area contributed by atoms with Crippen LogP contribution in [0.5, 0.6) is 0 Å². The van der Waals surface area contributed by atoms with Crippen LogP contribution in [0.2, 0.25) is 0 Å². The molecular formula is C16H29NO2. The van der Waals surface area contributed by atoms with Gasteiger partial charge in [0.15, 0.2) is 0 Å². The predicted molar refractivity (Wildman–Crippen MR) is 81.3 cm³/mol. The lowest BCUT2D eigenvalue weighted by Gasteiger charge is -2.18. The highest BCUT2D eigenvalue weighted by Crippen LogP contribution is 2.17. The standard InChI is InChI=1S/C16H29NO2/c1-6-9-10-14(13(4)5)12-15(8-3)19-16(18)17-11-7-2/h9-10,15H,6-8,11-12H2,1-5H3,(H,17,18). The Bertz CT molecular complexity index is 315. The molecule has 1 N–H and O–H groups in total. The Morgan fingerprint density at radius 1 is 1.26 bits per heavy atom. The van der Waals surface area contributed by atoms with Gasteiger partial charge >= 0.3 is 6.09 Å². The van der Waals surface area contributed by atoms with Crippen LogP contribution in [0.3, 0.4) is 0 Å². The van der Waals surface area contributed by atoms with Gasteiger partial charge in [0.2, 0.25) is 0 Å². The molecule has 3 heteroatoms. The fourth-order valence-corrected chi connectivity index (χ4v) is 1.63. The van der Waals surface area contributed by atoms with Gasteiger partial charge in [0.05, 0.1) is 0 Å². The number of hydrogen-bond acceptors (Lipinski definition) is 2. The highest BCUT2D eigenvalue weighted by Gasteiger charge is 2.13. The summed E-state index contributed by atoms with van der Waals surface area (Å²) in [6, 6.07) is 0. The first-order chi connectivity index (χ1) is 9.04. The molecule has 0 aliphatic rings. The molecule has 1 amide bonds. The fraction of sp³-hybridized carbons (Fsp3) is 0.688. The van der Waals surface area contributed by atoms with Crippen molar-refractivity contribution in [2.24, 2.45) is 0 Å². The first-order valence-corrected chi connectivity index (χ1v) is 7.32. The van der Waals surface area contributed by atoms with Gasteiger partial charge in [-0.25, -0.2) is 4.79 Å². The molecule has 0 aromatic carbocycles. The van der Waals surface area contributed by atoms with Gasteiger partial charge in [0, 0.05) is 13.0 Å². The lowest BCUT2D eigenvalue weighted by Crippen LogP contribution is -2.29. The minimum Gasteiger partial charge on any atom is -0.446 e. The predicted octanol–water partition coefficient (Wildman–Crippen LogP) is 4.59. The Morgan fingerprint density at radius 2 is 1.95 bits per heavy atom. The van der Waals surface area contributed by atoms with Crippen LogP contribution in [-0.2, 0) is 4.74 Å². The SMILES string of the molecule is CCC=CC(CC(CC)OC(=O)NCCC)=C(C)C. The van der Waals surface area contributed by atoms with Crippen molar-refractivity contribution in [2.75, 3.05) is 6.54 Å². The van der Waals surface area contributed by atoms with Crippen LogP contribution < -0.4 is 5.32 Å². The smallest absolute Gasteiger partial charge is 0.407 e. The van der Waals surface area contributed by atoms with E-state index in [0.717, 1.165) is 25.7 Å². The summed E-state index contributed by atoms with van der Waals surface area (Å²) in [4.78, 5) is 11.6. The Balaban J connectivity index is 4.48. The molecule has 1 unspecified atom stereocenters. The van der Waals surface area contributed by atoms with Gasteiger partial charge in [0.25, 0.3) is 0 Å². The molecule has 0 radical (unpaired) electrons. The van der Waals surface area contributed by atoms with Crippen molar-refractivity contribution in [2.45, 2.75) is 66.4 Å². The van der Waals surface area contributed by atoms with E-state index in [2.05, 4.69) is 38.2 Å². The van der Waals surface area contributed by atoms with Gasteiger partial charge in [-0.1, -0.05) is 38.5 Å². The number of amides is 1. The maximum Gasteiger partial charge on any atom is 0.407 e. The average Bonchev–Trinajstić information content (AvgIpc) is 2.39. The van der Waals surface area contributed by atoms with E-state index < -0.39 is 0 Å². The zero-order chi connectivity index (χ0) is 14.7. The number of hydrogen-bond donors (Lipinski definition) is 1. The van der Waals surface area contributed by atoms with Crippen LogP contribution in [0.25, 0.3) is 0 Å². The van der Waals surface area contributed by atoms with Gasteiger partial charge in [-0.3, -0.25) is 0 Å². The maximum atomic E-state index is 11.6. The second-order valence-electron chi connectivity index (χ2n) is 4.90. The summed E-state index contributed by atoms with van der Waals surface area (Å²) in [6.45, 7) is 11.0. The monoisotopic (exact) mass is 267 g/mol. The summed E-state index contributed by atoms with van der Waals surface area (Å²) in [7, 11) is 0. The zero-order valence-electron chi connectivity index (χ0n) is 13.1. The topological polar surface area (TPSA) is 38.3 Å². The van der Waals surface area contributed by atoms with Crippen LogP contribution in [0, 0.1) is 0 Å². The first kappa shape index (κ1) is 17.8. The molecule has 19 heavy (non-hydrogen) atoms. The molecular weight excluding hydrogens is 238 g/mol. The molecule has 0 bridgehead atoms. The maximum absolute atomic E-state index is 11.6. The van der Waals surface area contributed by atoms with E-state index >= 15 is 0 Å². The van der Waals surface area contributed by atoms with Gasteiger partial charge in [-0.05, 0) is 38.7 Å². The van der Waals surface area contributed by atoms with E-state index in [0.29, 0.717) is 6.54 Å². The molecule has 0 saturated carbocycles. The Kier molecular flexibility index (Phi) is 9.95. The highest BCUT2D eigenvalue weighted by atomic mass is 16.6. The Morgan fingerprint density at radius 3 is 2.42 bits per heavy atom. The third-order valence-electron chi connectivity index (χ3n) is 2.89. The molecule has 0 heterocycles. The van der Waals surface area contributed by atoms with E-state index in [9.17, 15) is 4.79 Å². The number of carbonyl (C=O) groups is 1. The molecule has 0 aliphatic carbocycles. The van der Waals surface area contributed by atoms with E-state index in [4.69, 9.17) is 4.74 Å². The van der Waals surface area contributed by atoms with Crippen LogP contribution in [0.1, 0.15) is 60.3 Å². The Labute approximate surface area is 118 Å². The normalized spacial score (nSPS) is 12.3. The molecule has 1 atom stereocenters. The fourth-order valence-electron chi connectivity index (χ4n) is 1.63. The van der Waals surface area contributed by atoms with Crippen LogP contribution in [0.4, 0.5) is 4.79 Å². The second-order valence-corrected chi connectivity index (χ2v) is 4.90. The summed E-state index contributed by atoms with van der Waals surface area (Å²) in [5, 5.41) is 2.75. The molecule has 3 nitrogen and oxygen atoms in total. The largest absolute Gasteiger partial charge is 0.446 e. The summed E-state index contributed by atoms with van der Waals surface area (Å²) < 4.78 is 5.44. The lowest BCUT2D eigenvalue weighted by molar-refractivity contribution is 0.0956. The summed E-state index contributed by atoms with van der Waals surface area (Å²) in [6.07, 6.45) is 7.49. The number of alkyl carbamates (subject to hydrolysis) is 1. The summed E-state index contributed by atoms with van der Waals surface area (Å²) in [5.41, 5.74) is 2.54. The number of rotatable bonds is 8. The van der Waals surface area contributed by atoms with Gasteiger partial charge < -0.3 is 10.1 Å². The van der Waals surface area contributed by atoms with Crippen LogP contribution >= 0.6 is 0 Å². The average molecular weight is 267 g/mol. The lowest BCUT2D eigenvalue weighted by atomic mass is 10.0. The molecule has 0 fully saturated rings. The van der Waals surface area contributed by atoms with Crippen LogP contribution in [-0.4, -0.2) is 18.7 Å². The zero-order valence-corrected chi connectivity index (χ0v) is 13.1. The van der Waals surface area contributed by atoms with E-state index in [1.54, 1.807) is 0 Å². The minimum absolute atomic E-state index is 0.0525. The van der Waals surface area contributed by atoms with Crippen molar-refractivity contribution in [3.63, 3.8) is 0 Å².